The van der Waals surface area contributed by atoms with E-state index in [0.29, 0.717) is 0 Å². The van der Waals surface area contributed by atoms with Crippen molar-refractivity contribution in [3.63, 3.8) is 0 Å². The Hall–Kier alpha value is -0.660. The number of nitrogens with one attached hydrogen (secondary N) is 1. The first-order valence-electron chi connectivity index (χ1n) is 6.05. The molecule has 0 aliphatic rings. The Labute approximate surface area is 137 Å². The van der Waals surface area contributed by atoms with Gasteiger partial charge in [-0.25, -0.2) is 5.43 Å². The summed E-state index contributed by atoms with van der Waals surface area (Å²) in [7, 11) is 0. The lowest BCUT2D eigenvalue weighted by Gasteiger charge is -2.11. The minimum atomic E-state index is -0.0418. The Morgan fingerprint density at radius 1 is 1.25 bits per heavy atom. The number of furan rings is 1. The summed E-state index contributed by atoms with van der Waals surface area (Å²) in [6.07, 6.45) is 0.796. The van der Waals surface area contributed by atoms with Crippen LogP contribution in [0, 0.1) is 0 Å². The molecule has 1 atom stereocenters. The van der Waals surface area contributed by atoms with Crippen LogP contribution in [-0.2, 0) is 6.42 Å². The molecular weight excluding hydrogens is 404 g/mol. The van der Waals surface area contributed by atoms with Gasteiger partial charge in [0, 0.05) is 16.7 Å². The Morgan fingerprint density at radius 2 is 2.10 bits per heavy atom. The molecule has 3 nitrogen and oxygen atoms in total. The van der Waals surface area contributed by atoms with E-state index in [9.17, 15) is 0 Å². The summed E-state index contributed by atoms with van der Waals surface area (Å²) in [6.45, 7) is 0. The summed E-state index contributed by atoms with van der Waals surface area (Å²) >= 11 is 8.68. The zero-order chi connectivity index (χ0) is 14.1. The molecule has 104 valence electrons. The van der Waals surface area contributed by atoms with Crippen molar-refractivity contribution in [1.29, 1.82) is 0 Å². The molecule has 1 aromatic carbocycles. The number of rotatable bonds is 4. The van der Waals surface area contributed by atoms with Crippen LogP contribution in [0.5, 0.6) is 0 Å². The number of para-hydroxylation sites is 1. The molecule has 0 fully saturated rings. The van der Waals surface area contributed by atoms with Crippen molar-refractivity contribution in [2.45, 2.75) is 12.5 Å². The SMILES string of the molecule is NNC(Cc1ccc(Br)s1)c1cc2cccc(Br)c2o1. The van der Waals surface area contributed by atoms with Crippen LogP contribution in [0.15, 0.2) is 49.1 Å². The third-order valence-electron chi connectivity index (χ3n) is 3.09. The normalized spacial score (nSPS) is 12.9. The third-order valence-corrected chi connectivity index (χ3v) is 5.36. The molecular formula is C14H12Br2N2OS. The van der Waals surface area contributed by atoms with Crippen molar-refractivity contribution in [2.24, 2.45) is 5.84 Å². The van der Waals surface area contributed by atoms with Crippen LogP contribution in [0.25, 0.3) is 11.0 Å². The number of halogens is 2. The van der Waals surface area contributed by atoms with Gasteiger partial charge in [-0.15, -0.1) is 11.3 Å². The Morgan fingerprint density at radius 3 is 2.75 bits per heavy atom. The highest BCUT2D eigenvalue weighted by molar-refractivity contribution is 9.11. The lowest BCUT2D eigenvalue weighted by atomic mass is 10.1. The zero-order valence-corrected chi connectivity index (χ0v) is 14.4. The van der Waals surface area contributed by atoms with Gasteiger partial charge < -0.3 is 4.42 Å². The number of nitrogens with two attached hydrogens (primary N) is 1. The van der Waals surface area contributed by atoms with Crippen LogP contribution >= 0.6 is 43.2 Å². The van der Waals surface area contributed by atoms with E-state index in [0.717, 1.165) is 31.4 Å². The Kier molecular flexibility index (Phi) is 4.28. The van der Waals surface area contributed by atoms with Gasteiger partial charge >= 0.3 is 0 Å². The van der Waals surface area contributed by atoms with E-state index in [-0.39, 0.29) is 6.04 Å². The van der Waals surface area contributed by atoms with Crippen LogP contribution < -0.4 is 11.3 Å². The highest BCUT2D eigenvalue weighted by Gasteiger charge is 2.17. The molecule has 0 amide bonds. The standard InChI is InChI=1S/C14H12Br2N2OS/c15-10-3-1-2-8-6-12(19-14(8)10)11(18-17)7-9-4-5-13(16)20-9/h1-6,11,18H,7,17H2. The van der Waals surface area contributed by atoms with E-state index in [4.69, 9.17) is 10.3 Å². The number of benzene rings is 1. The van der Waals surface area contributed by atoms with Crippen LogP contribution in [0.4, 0.5) is 0 Å². The molecule has 0 radical (unpaired) electrons. The minimum absolute atomic E-state index is 0.0418. The zero-order valence-electron chi connectivity index (χ0n) is 10.4. The maximum absolute atomic E-state index is 5.93. The van der Waals surface area contributed by atoms with Crippen molar-refractivity contribution in [3.05, 3.63) is 55.3 Å². The predicted molar refractivity (Wildman–Crippen MR) is 89.7 cm³/mol. The van der Waals surface area contributed by atoms with Gasteiger partial charge in [-0.05, 0) is 56.1 Å². The van der Waals surface area contributed by atoms with Crippen LogP contribution in [-0.4, -0.2) is 0 Å². The van der Waals surface area contributed by atoms with Gasteiger partial charge in [-0.3, -0.25) is 5.84 Å². The highest BCUT2D eigenvalue weighted by atomic mass is 79.9. The molecule has 2 aromatic heterocycles. The van der Waals surface area contributed by atoms with Gasteiger partial charge in [0.15, 0.2) is 0 Å². The van der Waals surface area contributed by atoms with Crippen molar-refractivity contribution in [2.75, 3.05) is 0 Å². The topological polar surface area (TPSA) is 51.2 Å². The molecule has 6 heteroatoms. The van der Waals surface area contributed by atoms with Crippen LogP contribution in [0.1, 0.15) is 16.7 Å². The van der Waals surface area contributed by atoms with Crippen molar-refractivity contribution >= 4 is 54.2 Å². The quantitative estimate of drug-likeness (QED) is 0.476. The number of hydrazine groups is 1. The third kappa shape index (κ3) is 2.84. The van der Waals surface area contributed by atoms with Crippen molar-refractivity contribution in [3.8, 4) is 0 Å². The van der Waals surface area contributed by atoms with Gasteiger partial charge in [0.2, 0.25) is 0 Å². The number of hydrogen-bond donors (Lipinski definition) is 2. The van der Waals surface area contributed by atoms with Gasteiger partial charge in [0.25, 0.3) is 0 Å². The molecule has 20 heavy (non-hydrogen) atoms. The second-order valence-electron chi connectivity index (χ2n) is 4.44. The molecule has 0 saturated carbocycles. The Balaban J connectivity index is 1.92. The first kappa shape index (κ1) is 14.3. The molecule has 2 heterocycles. The molecule has 3 aromatic rings. The average molecular weight is 416 g/mol. The monoisotopic (exact) mass is 414 g/mol. The van der Waals surface area contributed by atoms with E-state index < -0.39 is 0 Å². The van der Waals surface area contributed by atoms with E-state index in [2.05, 4.69) is 43.4 Å². The second kappa shape index (κ2) is 5.99. The summed E-state index contributed by atoms with van der Waals surface area (Å²) < 4.78 is 8.01. The van der Waals surface area contributed by atoms with Crippen LogP contribution in [0.3, 0.4) is 0 Å². The summed E-state index contributed by atoms with van der Waals surface area (Å²) in [5.74, 6) is 6.54. The predicted octanol–water partition coefficient (Wildman–Crippen LogP) is 4.77. The summed E-state index contributed by atoms with van der Waals surface area (Å²) in [4.78, 5) is 1.25. The Bertz CT molecular complexity index is 738. The maximum Gasteiger partial charge on any atom is 0.148 e. The molecule has 1 unspecified atom stereocenters. The molecule has 3 rings (SSSR count). The molecule has 0 bridgehead atoms. The smallest absolute Gasteiger partial charge is 0.148 e. The fraction of sp³-hybridized carbons (Fsp3) is 0.143. The molecule has 0 spiro atoms. The van der Waals surface area contributed by atoms with Gasteiger partial charge in [0.05, 0.1) is 14.3 Å². The molecule has 0 saturated heterocycles. The first-order valence-corrected chi connectivity index (χ1v) is 8.46. The van der Waals surface area contributed by atoms with E-state index >= 15 is 0 Å². The van der Waals surface area contributed by atoms with Gasteiger partial charge in [-0.1, -0.05) is 12.1 Å². The minimum Gasteiger partial charge on any atom is -0.458 e. The molecule has 0 aliphatic heterocycles. The lowest BCUT2D eigenvalue weighted by Crippen LogP contribution is -2.29. The molecule has 3 N–H and O–H groups in total. The fourth-order valence-corrected chi connectivity index (χ4v) is 4.11. The first-order chi connectivity index (χ1) is 9.67. The number of fused-ring (bicyclic) bond motifs is 1. The maximum atomic E-state index is 5.93. The van der Waals surface area contributed by atoms with Crippen LogP contribution in [0.2, 0.25) is 0 Å². The second-order valence-corrected chi connectivity index (χ2v) is 7.84. The number of hydrogen-bond acceptors (Lipinski definition) is 4. The van der Waals surface area contributed by atoms with E-state index in [1.807, 2.05) is 30.3 Å². The fourth-order valence-electron chi connectivity index (χ4n) is 2.12. The summed E-state index contributed by atoms with van der Waals surface area (Å²) in [5, 5.41) is 1.07. The van der Waals surface area contributed by atoms with Crippen molar-refractivity contribution in [1.82, 2.24) is 5.43 Å². The highest BCUT2D eigenvalue weighted by Crippen LogP contribution is 2.32. The lowest BCUT2D eigenvalue weighted by molar-refractivity contribution is 0.435. The summed E-state index contributed by atoms with van der Waals surface area (Å²) in [5.41, 5.74) is 3.70. The molecule has 0 aliphatic carbocycles. The van der Waals surface area contributed by atoms with Gasteiger partial charge in [-0.2, -0.15) is 0 Å². The number of thiophene rings is 1. The van der Waals surface area contributed by atoms with Gasteiger partial charge in [0.1, 0.15) is 11.3 Å². The van der Waals surface area contributed by atoms with E-state index in [1.54, 1.807) is 11.3 Å². The van der Waals surface area contributed by atoms with Crippen molar-refractivity contribution < 1.29 is 4.42 Å². The summed E-state index contributed by atoms with van der Waals surface area (Å²) in [6, 6.07) is 12.1. The largest absolute Gasteiger partial charge is 0.458 e. The average Bonchev–Trinajstić information content (AvgIpc) is 3.03. The van der Waals surface area contributed by atoms with E-state index in [1.165, 1.54) is 4.88 Å².